The van der Waals surface area contributed by atoms with E-state index in [0.717, 1.165) is 0 Å². The van der Waals surface area contributed by atoms with Gasteiger partial charge in [0.25, 0.3) is 5.78 Å². The predicted octanol–water partition coefficient (Wildman–Crippen LogP) is 0.645. The Morgan fingerprint density at radius 1 is 1.60 bits per heavy atom. The first-order chi connectivity index (χ1) is 7.06. The predicted molar refractivity (Wildman–Crippen MR) is 54.7 cm³/mol. The van der Waals surface area contributed by atoms with Gasteiger partial charge in [0.05, 0.1) is 13.2 Å². The minimum Gasteiger partial charge on any atom is -0.460 e. The molecule has 86 valence electrons. The standard InChI is InChI=1S/C9H13BrO5/c1-3-14-7(12)6(11)9(10)4-5-15-8(9)13-2/h8H,3-5H2,1-2H3/t8-,9+/m1/s1. The first-order valence-corrected chi connectivity index (χ1v) is 5.40. The Hall–Kier alpha value is -0.460. The van der Waals surface area contributed by atoms with E-state index < -0.39 is 22.4 Å². The third-order valence-electron chi connectivity index (χ3n) is 2.16. The van der Waals surface area contributed by atoms with Crippen LogP contribution in [0.3, 0.4) is 0 Å². The molecule has 0 unspecified atom stereocenters. The van der Waals surface area contributed by atoms with Crippen LogP contribution in [0.5, 0.6) is 0 Å². The Balaban J connectivity index is 2.76. The maximum atomic E-state index is 11.7. The van der Waals surface area contributed by atoms with E-state index in [4.69, 9.17) is 9.47 Å². The molecule has 1 rings (SSSR count). The fourth-order valence-electron chi connectivity index (χ4n) is 1.41. The van der Waals surface area contributed by atoms with Crippen molar-refractivity contribution in [1.29, 1.82) is 0 Å². The molecule has 1 heterocycles. The number of Topliss-reactive ketones (excluding diaryl/α,β-unsaturated/α-hetero) is 1. The number of carbonyl (C=O) groups excluding carboxylic acids is 2. The summed E-state index contributed by atoms with van der Waals surface area (Å²) in [7, 11) is 1.42. The van der Waals surface area contributed by atoms with Crippen molar-refractivity contribution >= 4 is 27.7 Å². The Morgan fingerprint density at radius 2 is 2.27 bits per heavy atom. The average molecular weight is 281 g/mol. The van der Waals surface area contributed by atoms with Crippen LogP contribution in [-0.2, 0) is 23.8 Å². The zero-order chi connectivity index (χ0) is 11.5. The molecular weight excluding hydrogens is 268 g/mol. The summed E-state index contributed by atoms with van der Waals surface area (Å²) in [5, 5.41) is 0. The molecule has 15 heavy (non-hydrogen) atoms. The van der Waals surface area contributed by atoms with Gasteiger partial charge in [-0.1, -0.05) is 15.9 Å². The van der Waals surface area contributed by atoms with Gasteiger partial charge in [-0.15, -0.1) is 0 Å². The molecule has 0 radical (unpaired) electrons. The lowest BCUT2D eigenvalue weighted by Gasteiger charge is -2.23. The zero-order valence-electron chi connectivity index (χ0n) is 8.62. The van der Waals surface area contributed by atoms with Crippen molar-refractivity contribution < 1.29 is 23.8 Å². The second kappa shape index (κ2) is 5.05. The van der Waals surface area contributed by atoms with Crippen molar-refractivity contribution in [2.45, 2.75) is 24.0 Å². The van der Waals surface area contributed by atoms with Crippen LogP contribution in [0.25, 0.3) is 0 Å². The molecule has 0 saturated carbocycles. The number of hydrogen-bond acceptors (Lipinski definition) is 5. The Morgan fingerprint density at radius 3 is 2.80 bits per heavy atom. The molecule has 0 aromatic heterocycles. The summed E-state index contributed by atoms with van der Waals surface area (Å²) in [6.07, 6.45) is -0.349. The summed E-state index contributed by atoms with van der Waals surface area (Å²) in [5.74, 6) is -1.52. The van der Waals surface area contributed by atoms with Crippen LogP contribution in [0.4, 0.5) is 0 Å². The molecule has 0 aliphatic carbocycles. The molecule has 6 heteroatoms. The summed E-state index contributed by atoms with van der Waals surface area (Å²) in [4.78, 5) is 23.0. The monoisotopic (exact) mass is 280 g/mol. The topological polar surface area (TPSA) is 61.8 Å². The summed E-state index contributed by atoms with van der Waals surface area (Å²) in [6, 6.07) is 0. The normalized spacial score (nSPS) is 30.2. The summed E-state index contributed by atoms with van der Waals surface area (Å²) in [6.45, 7) is 2.19. The van der Waals surface area contributed by atoms with Gasteiger partial charge in [0.1, 0.15) is 4.32 Å². The van der Waals surface area contributed by atoms with Crippen LogP contribution in [0.2, 0.25) is 0 Å². The van der Waals surface area contributed by atoms with E-state index in [9.17, 15) is 9.59 Å². The van der Waals surface area contributed by atoms with E-state index in [1.54, 1.807) is 6.92 Å². The Kier molecular flexibility index (Phi) is 4.24. The summed E-state index contributed by atoms with van der Waals surface area (Å²) in [5.41, 5.74) is 0. The molecule has 1 aliphatic heterocycles. The number of carbonyl (C=O) groups is 2. The van der Waals surface area contributed by atoms with Gasteiger partial charge in [-0.3, -0.25) is 4.79 Å². The van der Waals surface area contributed by atoms with Crippen LogP contribution in [0.15, 0.2) is 0 Å². The number of alkyl halides is 1. The summed E-state index contributed by atoms with van der Waals surface area (Å²) < 4.78 is 13.7. The van der Waals surface area contributed by atoms with Crippen LogP contribution >= 0.6 is 15.9 Å². The third-order valence-corrected chi connectivity index (χ3v) is 3.29. The largest absolute Gasteiger partial charge is 0.460 e. The molecule has 0 aromatic carbocycles. The van der Waals surface area contributed by atoms with Gasteiger partial charge >= 0.3 is 5.97 Å². The molecule has 1 aliphatic rings. The average Bonchev–Trinajstić information content (AvgIpc) is 2.60. The van der Waals surface area contributed by atoms with Gasteiger partial charge in [0.15, 0.2) is 6.29 Å². The highest BCUT2D eigenvalue weighted by atomic mass is 79.9. The van der Waals surface area contributed by atoms with E-state index in [2.05, 4.69) is 20.7 Å². The van der Waals surface area contributed by atoms with E-state index in [1.165, 1.54) is 7.11 Å². The van der Waals surface area contributed by atoms with Gasteiger partial charge < -0.3 is 14.2 Å². The van der Waals surface area contributed by atoms with Gasteiger partial charge in [-0.25, -0.2) is 4.79 Å². The van der Waals surface area contributed by atoms with Crippen molar-refractivity contribution in [1.82, 2.24) is 0 Å². The second-order valence-electron chi connectivity index (χ2n) is 3.10. The van der Waals surface area contributed by atoms with Crippen molar-refractivity contribution in [3.05, 3.63) is 0 Å². The van der Waals surface area contributed by atoms with E-state index in [-0.39, 0.29) is 6.61 Å². The van der Waals surface area contributed by atoms with E-state index >= 15 is 0 Å². The number of halogens is 1. The summed E-state index contributed by atoms with van der Waals surface area (Å²) >= 11 is 3.21. The maximum Gasteiger partial charge on any atom is 0.376 e. The first-order valence-electron chi connectivity index (χ1n) is 4.61. The maximum absolute atomic E-state index is 11.7. The quantitative estimate of drug-likeness (QED) is 0.430. The molecule has 1 saturated heterocycles. The molecule has 0 spiro atoms. The highest BCUT2D eigenvalue weighted by Crippen LogP contribution is 2.36. The third kappa shape index (κ3) is 2.38. The molecule has 5 nitrogen and oxygen atoms in total. The highest BCUT2D eigenvalue weighted by Gasteiger charge is 2.52. The fraction of sp³-hybridized carbons (Fsp3) is 0.778. The highest BCUT2D eigenvalue weighted by molar-refractivity contribution is 9.10. The fourth-order valence-corrected chi connectivity index (χ4v) is 2.05. The number of rotatable bonds is 4. The van der Waals surface area contributed by atoms with Gasteiger partial charge in [-0.05, 0) is 13.3 Å². The molecule has 2 atom stereocenters. The second-order valence-corrected chi connectivity index (χ2v) is 4.52. The Labute approximate surface area is 96.2 Å². The molecule has 0 aromatic rings. The van der Waals surface area contributed by atoms with Crippen molar-refractivity contribution in [3.63, 3.8) is 0 Å². The lowest BCUT2D eigenvalue weighted by Crippen LogP contribution is -2.45. The van der Waals surface area contributed by atoms with Crippen LogP contribution in [0.1, 0.15) is 13.3 Å². The Bertz CT molecular complexity index is 267. The molecular formula is C9H13BrO5. The van der Waals surface area contributed by atoms with Gasteiger partial charge in [0.2, 0.25) is 0 Å². The van der Waals surface area contributed by atoms with E-state index in [0.29, 0.717) is 13.0 Å². The number of ketones is 1. The number of esters is 1. The minimum atomic E-state index is -1.10. The number of methoxy groups -OCH3 is 1. The van der Waals surface area contributed by atoms with Crippen molar-refractivity contribution in [2.75, 3.05) is 20.3 Å². The van der Waals surface area contributed by atoms with Gasteiger partial charge in [0, 0.05) is 7.11 Å². The SMILES string of the molecule is CCOC(=O)C(=O)[C@@]1(Br)CCO[C@H]1OC. The molecule has 0 bridgehead atoms. The number of hydrogen-bond donors (Lipinski definition) is 0. The zero-order valence-corrected chi connectivity index (χ0v) is 10.2. The van der Waals surface area contributed by atoms with Crippen LogP contribution < -0.4 is 0 Å². The van der Waals surface area contributed by atoms with Crippen molar-refractivity contribution in [2.24, 2.45) is 0 Å². The van der Waals surface area contributed by atoms with Crippen LogP contribution in [0, 0.1) is 0 Å². The lowest BCUT2D eigenvalue weighted by atomic mass is 10.0. The van der Waals surface area contributed by atoms with Crippen LogP contribution in [-0.4, -0.2) is 42.7 Å². The van der Waals surface area contributed by atoms with E-state index in [1.807, 2.05) is 0 Å². The molecule has 1 fully saturated rings. The smallest absolute Gasteiger partial charge is 0.376 e. The number of ether oxygens (including phenoxy) is 3. The van der Waals surface area contributed by atoms with Gasteiger partial charge in [-0.2, -0.15) is 0 Å². The minimum absolute atomic E-state index is 0.173. The molecule has 0 N–H and O–H groups in total. The lowest BCUT2D eigenvalue weighted by molar-refractivity contribution is -0.159. The van der Waals surface area contributed by atoms with Crippen molar-refractivity contribution in [3.8, 4) is 0 Å². The molecule has 0 amide bonds. The first kappa shape index (κ1) is 12.6.